The minimum Gasteiger partial charge on any atom is -0.467 e. The van der Waals surface area contributed by atoms with Gasteiger partial charge in [0.25, 0.3) is 5.91 Å². The van der Waals surface area contributed by atoms with Crippen LogP contribution in [0.2, 0.25) is 0 Å². The monoisotopic (exact) mass is 256 g/mol. The lowest BCUT2D eigenvalue weighted by Gasteiger charge is -2.12. The van der Waals surface area contributed by atoms with Gasteiger partial charge in [0.2, 0.25) is 0 Å². The van der Waals surface area contributed by atoms with E-state index >= 15 is 0 Å². The molecule has 0 aliphatic carbocycles. The van der Waals surface area contributed by atoms with Gasteiger partial charge in [-0.25, -0.2) is 0 Å². The van der Waals surface area contributed by atoms with Crippen molar-refractivity contribution in [3.63, 3.8) is 0 Å². The molecule has 0 spiro atoms. The number of hydrogen-bond acceptors (Lipinski definition) is 3. The maximum atomic E-state index is 12.0. The van der Waals surface area contributed by atoms with Gasteiger partial charge in [0.15, 0.2) is 0 Å². The van der Waals surface area contributed by atoms with Crippen molar-refractivity contribution in [1.29, 1.82) is 0 Å². The van der Waals surface area contributed by atoms with Crippen LogP contribution in [0.3, 0.4) is 0 Å². The molecule has 3 N–H and O–H groups in total. The Balaban J connectivity index is 1.98. The van der Waals surface area contributed by atoms with Gasteiger partial charge in [-0.3, -0.25) is 4.79 Å². The van der Waals surface area contributed by atoms with Crippen LogP contribution in [-0.4, -0.2) is 12.5 Å². The Morgan fingerprint density at radius 1 is 1.32 bits per heavy atom. The molecule has 0 radical (unpaired) electrons. The van der Waals surface area contributed by atoms with Crippen LogP contribution in [0, 0.1) is 0 Å². The van der Waals surface area contributed by atoms with E-state index in [1.165, 1.54) is 0 Å². The Kier molecular flexibility index (Phi) is 3.09. The lowest BCUT2D eigenvalue weighted by atomic mass is 9.97. The molecule has 0 saturated heterocycles. The van der Waals surface area contributed by atoms with Crippen molar-refractivity contribution in [3.05, 3.63) is 59.0 Å². The van der Waals surface area contributed by atoms with Crippen LogP contribution in [0.25, 0.3) is 0 Å². The number of rotatable bonds is 2. The topological polar surface area (TPSA) is 68.3 Å². The lowest BCUT2D eigenvalue weighted by Crippen LogP contribution is -2.23. The molecule has 2 aromatic rings. The first kappa shape index (κ1) is 12.0. The normalized spacial score (nSPS) is 16.4. The molecule has 1 atom stereocenters. The van der Waals surface area contributed by atoms with E-state index < -0.39 is 0 Å². The maximum Gasteiger partial charge on any atom is 0.251 e. The summed E-state index contributed by atoms with van der Waals surface area (Å²) in [6.45, 7) is 0.729. The molecular weight excluding hydrogens is 240 g/mol. The highest BCUT2D eigenvalue weighted by atomic mass is 16.3. The molecule has 98 valence electrons. The average molecular weight is 256 g/mol. The summed E-state index contributed by atoms with van der Waals surface area (Å²) in [5.41, 5.74) is 8.87. The minimum absolute atomic E-state index is 0.0130. The summed E-state index contributed by atoms with van der Waals surface area (Å²) in [5, 5.41) is 2.90. The van der Waals surface area contributed by atoms with Gasteiger partial charge >= 0.3 is 0 Å². The Bertz CT molecular complexity index is 590. The average Bonchev–Trinajstić information content (AvgIpc) is 2.90. The standard InChI is InChI=1S/C15H16N2O2/c16-14(13-4-2-8-19-13)11-6-5-10-3-1-7-17-15(18)12(10)9-11/h2,4-6,8-9,14H,1,3,7,16H2,(H,17,18). The van der Waals surface area contributed by atoms with E-state index in [4.69, 9.17) is 10.2 Å². The predicted octanol–water partition coefficient (Wildman–Crippen LogP) is 2.00. The molecule has 4 nitrogen and oxygen atoms in total. The maximum absolute atomic E-state index is 12.0. The third-order valence-corrected chi connectivity index (χ3v) is 3.50. The summed E-state index contributed by atoms with van der Waals surface area (Å²) in [6, 6.07) is 9.17. The molecule has 1 aromatic carbocycles. The Hall–Kier alpha value is -2.07. The highest BCUT2D eigenvalue weighted by Gasteiger charge is 2.18. The van der Waals surface area contributed by atoms with Gasteiger partial charge in [-0.2, -0.15) is 0 Å². The number of aryl methyl sites for hydroxylation is 1. The molecule has 1 amide bonds. The van der Waals surface area contributed by atoms with Crippen LogP contribution in [-0.2, 0) is 6.42 Å². The van der Waals surface area contributed by atoms with Crippen molar-refractivity contribution >= 4 is 5.91 Å². The molecule has 19 heavy (non-hydrogen) atoms. The zero-order chi connectivity index (χ0) is 13.2. The van der Waals surface area contributed by atoms with Crippen molar-refractivity contribution in [2.75, 3.05) is 6.54 Å². The first-order chi connectivity index (χ1) is 9.25. The Morgan fingerprint density at radius 3 is 3.00 bits per heavy atom. The second-order valence-electron chi connectivity index (χ2n) is 4.77. The van der Waals surface area contributed by atoms with Crippen molar-refractivity contribution in [2.45, 2.75) is 18.9 Å². The first-order valence-electron chi connectivity index (χ1n) is 6.46. The molecule has 1 aliphatic rings. The van der Waals surface area contributed by atoms with E-state index in [-0.39, 0.29) is 11.9 Å². The quantitative estimate of drug-likeness (QED) is 0.863. The predicted molar refractivity (Wildman–Crippen MR) is 71.8 cm³/mol. The van der Waals surface area contributed by atoms with Crippen LogP contribution < -0.4 is 11.1 Å². The van der Waals surface area contributed by atoms with Crippen LogP contribution >= 0.6 is 0 Å². The number of benzene rings is 1. The fraction of sp³-hybridized carbons (Fsp3) is 0.267. The largest absolute Gasteiger partial charge is 0.467 e. The third-order valence-electron chi connectivity index (χ3n) is 3.50. The van der Waals surface area contributed by atoms with Crippen LogP contribution in [0.5, 0.6) is 0 Å². The van der Waals surface area contributed by atoms with E-state index in [0.29, 0.717) is 5.76 Å². The van der Waals surface area contributed by atoms with Gasteiger partial charge in [-0.15, -0.1) is 0 Å². The number of carbonyl (C=O) groups is 1. The molecule has 3 rings (SSSR count). The number of furan rings is 1. The molecular formula is C15H16N2O2. The van der Waals surface area contributed by atoms with E-state index in [9.17, 15) is 4.79 Å². The van der Waals surface area contributed by atoms with Crippen molar-refractivity contribution in [3.8, 4) is 0 Å². The molecule has 0 bridgehead atoms. The van der Waals surface area contributed by atoms with E-state index in [1.54, 1.807) is 6.26 Å². The van der Waals surface area contributed by atoms with Crippen molar-refractivity contribution in [2.24, 2.45) is 5.73 Å². The highest BCUT2D eigenvalue weighted by molar-refractivity contribution is 5.96. The number of carbonyl (C=O) groups excluding carboxylic acids is 1. The zero-order valence-electron chi connectivity index (χ0n) is 10.6. The van der Waals surface area contributed by atoms with E-state index in [2.05, 4.69) is 5.32 Å². The van der Waals surface area contributed by atoms with Crippen molar-refractivity contribution in [1.82, 2.24) is 5.32 Å². The summed E-state index contributed by atoms with van der Waals surface area (Å²) < 4.78 is 5.32. The summed E-state index contributed by atoms with van der Waals surface area (Å²) in [5.74, 6) is 0.690. The van der Waals surface area contributed by atoms with Gasteiger partial charge in [0, 0.05) is 12.1 Å². The Labute approximate surface area is 111 Å². The summed E-state index contributed by atoms with van der Waals surface area (Å²) >= 11 is 0. The van der Waals surface area contributed by atoms with E-state index in [1.807, 2.05) is 30.3 Å². The van der Waals surface area contributed by atoms with Gasteiger partial charge in [-0.1, -0.05) is 12.1 Å². The van der Waals surface area contributed by atoms with Gasteiger partial charge in [-0.05, 0) is 42.2 Å². The molecule has 2 heterocycles. The highest BCUT2D eigenvalue weighted by Crippen LogP contribution is 2.24. The van der Waals surface area contributed by atoms with Crippen LogP contribution in [0.4, 0.5) is 0 Å². The molecule has 1 aromatic heterocycles. The first-order valence-corrected chi connectivity index (χ1v) is 6.46. The van der Waals surface area contributed by atoms with E-state index in [0.717, 1.165) is 36.1 Å². The fourth-order valence-corrected chi connectivity index (χ4v) is 2.43. The number of amides is 1. The van der Waals surface area contributed by atoms with Gasteiger partial charge in [0.1, 0.15) is 5.76 Å². The number of hydrogen-bond donors (Lipinski definition) is 2. The summed E-state index contributed by atoms with van der Waals surface area (Å²) in [6.07, 6.45) is 3.50. The second-order valence-corrected chi connectivity index (χ2v) is 4.77. The van der Waals surface area contributed by atoms with Crippen molar-refractivity contribution < 1.29 is 9.21 Å². The molecule has 0 saturated carbocycles. The van der Waals surface area contributed by atoms with Gasteiger partial charge < -0.3 is 15.5 Å². The molecule has 1 unspecified atom stereocenters. The van der Waals surface area contributed by atoms with Crippen LogP contribution in [0.15, 0.2) is 41.0 Å². The fourth-order valence-electron chi connectivity index (χ4n) is 2.43. The molecule has 0 fully saturated rings. The minimum atomic E-state index is -0.337. The lowest BCUT2D eigenvalue weighted by molar-refractivity contribution is 0.0956. The second kappa shape index (κ2) is 4.90. The summed E-state index contributed by atoms with van der Waals surface area (Å²) in [7, 11) is 0. The number of fused-ring (bicyclic) bond motifs is 1. The molecule has 1 aliphatic heterocycles. The smallest absolute Gasteiger partial charge is 0.251 e. The molecule has 4 heteroatoms. The zero-order valence-corrected chi connectivity index (χ0v) is 10.6. The number of nitrogens with one attached hydrogen (secondary N) is 1. The Morgan fingerprint density at radius 2 is 2.21 bits per heavy atom. The third kappa shape index (κ3) is 2.27. The van der Waals surface area contributed by atoms with Crippen LogP contribution in [0.1, 0.15) is 39.7 Å². The van der Waals surface area contributed by atoms with Gasteiger partial charge in [0.05, 0.1) is 12.3 Å². The number of nitrogens with two attached hydrogens (primary N) is 1. The SMILES string of the molecule is NC(c1ccc2c(c1)C(=O)NCCC2)c1ccco1. The summed E-state index contributed by atoms with van der Waals surface area (Å²) in [4.78, 5) is 12.0.